The number of hydrogen-bond acceptors (Lipinski definition) is 6. The molecule has 1 N–H and O–H groups in total. The topological polar surface area (TPSA) is 81.1 Å². The van der Waals surface area contributed by atoms with Crippen molar-refractivity contribution in [1.29, 1.82) is 0 Å². The molecule has 0 radical (unpaired) electrons. The number of rotatable bonds is 3. The van der Waals surface area contributed by atoms with Crippen LogP contribution in [0.15, 0.2) is 29.3 Å². The van der Waals surface area contributed by atoms with Gasteiger partial charge in [0.2, 0.25) is 11.5 Å². The normalized spacial score (nSPS) is 12.8. The van der Waals surface area contributed by atoms with Crippen LogP contribution in [0.2, 0.25) is 0 Å². The molecular weight excluding hydrogens is 232 g/mol. The van der Waals surface area contributed by atoms with Gasteiger partial charge in [0.25, 0.3) is 0 Å². The highest BCUT2D eigenvalue weighted by Crippen LogP contribution is 2.19. The van der Waals surface area contributed by atoms with E-state index in [1.54, 1.807) is 29.3 Å². The van der Waals surface area contributed by atoms with Crippen LogP contribution < -0.4 is 5.32 Å². The van der Waals surface area contributed by atoms with Gasteiger partial charge in [-0.05, 0) is 13.8 Å². The van der Waals surface area contributed by atoms with Gasteiger partial charge in [0.1, 0.15) is 18.1 Å². The molecule has 0 aliphatic heterocycles. The average molecular weight is 244 g/mol. The first kappa shape index (κ1) is 10.7. The van der Waals surface area contributed by atoms with Gasteiger partial charge in [-0.2, -0.15) is 0 Å². The molecule has 0 amide bonds. The van der Waals surface area contributed by atoms with E-state index in [1.807, 2.05) is 13.8 Å². The summed E-state index contributed by atoms with van der Waals surface area (Å²) in [6.07, 6.45) is 6.80. The third-order valence-electron chi connectivity index (χ3n) is 2.58. The molecule has 3 heterocycles. The standard InChI is InChI=1S/C11H12N6O/c1-7-5-13-11(18-7)8(2)15-9-10-16-14-6-17(10)4-3-12-9/h3-6,8H,1-2H3,(H,12,15). The summed E-state index contributed by atoms with van der Waals surface area (Å²) in [6.45, 7) is 3.81. The molecule has 0 aliphatic carbocycles. The van der Waals surface area contributed by atoms with Gasteiger partial charge in [-0.15, -0.1) is 10.2 Å². The monoisotopic (exact) mass is 244 g/mol. The van der Waals surface area contributed by atoms with Crippen LogP contribution in [0.3, 0.4) is 0 Å². The molecule has 92 valence electrons. The lowest BCUT2D eigenvalue weighted by Crippen LogP contribution is -2.09. The molecule has 1 unspecified atom stereocenters. The van der Waals surface area contributed by atoms with Crippen LogP contribution in [0.4, 0.5) is 5.82 Å². The van der Waals surface area contributed by atoms with Gasteiger partial charge in [-0.3, -0.25) is 4.40 Å². The highest BCUT2D eigenvalue weighted by atomic mass is 16.4. The van der Waals surface area contributed by atoms with Crippen molar-refractivity contribution < 1.29 is 4.42 Å². The number of aryl methyl sites for hydroxylation is 1. The molecule has 0 saturated carbocycles. The van der Waals surface area contributed by atoms with E-state index in [2.05, 4.69) is 25.5 Å². The summed E-state index contributed by atoms with van der Waals surface area (Å²) in [6, 6.07) is -0.0888. The summed E-state index contributed by atoms with van der Waals surface area (Å²) >= 11 is 0. The molecule has 0 aliphatic rings. The second-order valence-electron chi connectivity index (χ2n) is 4.01. The van der Waals surface area contributed by atoms with Crippen LogP contribution in [0.1, 0.15) is 24.6 Å². The lowest BCUT2D eigenvalue weighted by Gasteiger charge is -2.10. The SMILES string of the molecule is Cc1cnc(C(C)Nc2nccn3cnnc23)o1. The van der Waals surface area contributed by atoms with Crippen LogP contribution >= 0.6 is 0 Å². The van der Waals surface area contributed by atoms with Gasteiger partial charge in [0.15, 0.2) is 5.82 Å². The molecule has 3 aromatic heterocycles. The summed E-state index contributed by atoms with van der Waals surface area (Å²) in [7, 11) is 0. The Morgan fingerprint density at radius 2 is 2.28 bits per heavy atom. The minimum absolute atomic E-state index is 0.0888. The predicted molar refractivity (Wildman–Crippen MR) is 64.1 cm³/mol. The zero-order valence-corrected chi connectivity index (χ0v) is 10.0. The van der Waals surface area contributed by atoms with E-state index in [0.29, 0.717) is 17.4 Å². The van der Waals surface area contributed by atoms with E-state index in [4.69, 9.17) is 4.42 Å². The zero-order valence-electron chi connectivity index (χ0n) is 10.0. The van der Waals surface area contributed by atoms with E-state index in [0.717, 1.165) is 5.76 Å². The third kappa shape index (κ3) is 1.79. The van der Waals surface area contributed by atoms with E-state index in [9.17, 15) is 0 Å². The number of anilines is 1. The Balaban J connectivity index is 1.90. The third-order valence-corrected chi connectivity index (χ3v) is 2.58. The molecule has 3 aromatic rings. The maximum Gasteiger partial charge on any atom is 0.216 e. The molecule has 0 aromatic carbocycles. The minimum Gasteiger partial charge on any atom is -0.444 e. The van der Waals surface area contributed by atoms with Crippen molar-refractivity contribution in [2.75, 3.05) is 5.32 Å². The summed E-state index contributed by atoms with van der Waals surface area (Å²) in [4.78, 5) is 8.43. The summed E-state index contributed by atoms with van der Waals surface area (Å²) in [5.74, 6) is 2.06. The smallest absolute Gasteiger partial charge is 0.216 e. The van der Waals surface area contributed by atoms with Gasteiger partial charge >= 0.3 is 0 Å². The fourth-order valence-electron chi connectivity index (χ4n) is 1.70. The maximum atomic E-state index is 5.47. The van der Waals surface area contributed by atoms with Crippen molar-refractivity contribution in [3.8, 4) is 0 Å². The number of aromatic nitrogens is 5. The molecular formula is C11H12N6O. The fraction of sp³-hybridized carbons (Fsp3) is 0.273. The number of fused-ring (bicyclic) bond motifs is 1. The number of nitrogens with zero attached hydrogens (tertiary/aromatic N) is 5. The Hall–Kier alpha value is -2.44. The Kier molecular flexibility index (Phi) is 2.44. The lowest BCUT2D eigenvalue weighted by molar-refractivity contribution is 0.453. The Labute approximate surface area is 103 Å². The van der Waals surface area contributed by atoms with E-state index >= 15 is 0 Å². The van der Waals surface area contributed by atoms with Gasteiger partial charge in [0.05, 0.1) is 6.20 Å². The van der Waals surface area contributed by atoms with Crippen molar-refractivity contribution in [1.82, 2.24) is 24.6 Å². The molecule has 0 bridgehead atoms. The second kappa shape index (κ2) is 4.10. The van der Waals surface area contributed by atoms with E-state index < -0.39 is 0 Å². The highest BCUT2D eigenvalue weighted by molar-refractivity contribution is 5.61. The molecule has 0 saturated heterocycles. The molecule has 7 nitrogen and oxygen atoms in total. The molecule has 7 heteroatoms. The fourth-order valence-corrected chi connectivity index (χ4v) is 1.70. The van der Waals surface area contributed by atoms with E-state index in [1.165, 1.54) is 0 Å². The largest absolute Gasteiger partial charge is 0.444 e. The first-order valence-electron chi connectivity index (χ1n) is 5.57. The van der Waals surface area contributed by atoms with Crippen LogP contribution in [0.5, 0.6) is 0 Å². The predicted octanol–water partition coefficient (Wildman–Crippen LogP) is 1.59. The first-order valence-corrected chi connectivity index (χ1v) is 5.57. The van der Waals surface area contributed by atoms with Crippen LogP contribution in [0, 0.1) is 6.92 Å². The van der Waals surface area contributed by atoms with Crippen molar-refractivity contribution in [3.05, 3.63) is 36.6 Å². The van der Waals surface area contributed by atoms with Crippen molar-refractivity contribution in [2.45, 2.75) is 19.9 Å². The Bertz CT molecular complexity index is 673. The van der Waals surface area contributed by atoms with Gasteiger partial charge in [-0.25, -0.2) is 9.97 Å². The first-order chi connectivity index (χ1) is 8.74. The van der Waals surface area contributed by atoms with Crippen molar-refractivity contribution >= 4 is 11.5 Å². The molecule has 0 fully saturated rings. The molecule has 18 heavy (non-hydrogen) atoms. The summed E-state index contributed by atoms with van der Waals surface area (Å²) in [5, 5.41) is 11.1. The van der Waals surface area contributed by atoms with Crippen LogP contribution in [-0.2, 0) is 0 Å². The number of oxazole rings is 1. The van der Waals surface area contributed by atoms with Crippen LogP contribution in [0.25, 0.3) is 5.65 Å². The molecule has 1 atom stereocenters. The number of nitrogens with one attached hydrogen (secondary N) is 1. The van der Waals surface area contributed by atoms with Gasteiger partial charge in [0, 0.05) is 12.4 Å². The minimum atomic E-state index is -0.0888. The van der Waals surface area contributed by atoms with Crippen molar-refractivity contribution in [2.24, 2.45) is 0 Å². The van der Waals surface area contributed by atoms with Gasteiger partial charge in [-0.1, -0.05) is 0 Å². The number of hydrogen-bond donors (Lipinski definition) is 1. The maximum absolute atomic E-state index is 5.47. The molecule has 0 spiro atoms. The Morgan fingerprint density at radius 3 is 3.06 bits per heavy atom. The molecule has 3 rings (SSSR count). The quantitative estimate of drug-likeness (QED) is 0.753. The highest BCUT2D eigenvalue weighted by Gasteiger charge is 2.14. The van der Waals surface area contributed by atoms with E-state index in [-0.39, 0.29) is 6.04 Å². The summed E-state index contributed by atoms with van der Waals surface area (Å²) in [5.41, 5.74) is 0.674. The summed E-state index contributed by atoms with van der Waals surface area (Å²) < 4.78 is 7.26. The Morgan fingerprint density at radius 1 is 1.39 bits per heavy atom. The zero-order chi connectivity index (χ0) is 12.5. The van der Waals surface area contributed by atoms with Gasteiger partial charge < -0.3 is 9.73 Å². The average Bonchev–Trinajstić information content (AvgIpc) is 2.97. The lowest BCUT2D eigenvalue weighted by atomic mass is 10.3. The second-order valence-corrected chi connectivity index (χ2v) is 4.01. The van der Waals surface area contributed by atoms with Crippen molar-refractivity contribution in [3.63, 3.8) is 0 Å². The van der Waals surface area contributed by atoms with Crippen LogP contribution in [-0.4, -0.2) is 24.6 Å².